The van der Waals surface area contributed by atoms with E-state index >= 15 is 0 Å². The summed E-state index contributed by atoms with van der Waals surface area (Å²) in [5.74, 6) is 2.22. The van der Waals surface area contributed by atoms with Gasteiger partial charge in [0.1, 0.15) is 5.69 Å². The molecule has 1 aromatic rings. The fourth-order valence-corrected chi connectivity index (χ4v) is 1.23. The van der Waals surface area contributed by atoms with Gasteiger partial charge in [-0.05, 0) is 0 Å². The Labute approximate surface area is 84.6 Å². The van der Waals surface area contributed by atoms with Crippen LogP contribution in [-0.2, 0) is 9.63 Å². The summed E-state index contributed by atoms with van der Waals surface area (Å²) in [6.07, 6.45) is 5.47. The maximum Gasteiger partial charge on any atom is 0.180 e. The molecule has 14 heavy (non-hydrogen) atoms. The van der Waals surface area contributed by atoms with Crippen LogP contribution in [0.1, 0.15) is 5.69 Å². The zero-order valence-corrected chi connectivity index (χ0v) is 7.95. The fourth-order valence-electron chi connectivity index (χ4n) is 0.673. The highest BCUT2D eigenvalue weighted by Crippen LogP contribution is 2.11. The molecule has 2 N–H and O–H groups in total. The summed E-state index contributed by atoms with van der Waals surface area (Å²) in [4.78, 5) is 19.1. The number of nitrogen functional groups attached to an aromatic ring is 1. The van der Waals surface area contributed by atoms with Gasteiger partial charge in [-0.1, -0.05) is 11.1 Å². The van der Waals surface area contributed by atoms with Crippen LogP contribution in [0.3, 0.4) is 0 Å². The SMILES string of the molecule is C#CCON=C(C=O)c1csc(N)n1. The molecule has 0 aliphatic heterocycles. The number of hydrogen-bond acceptors (Lipinski definition) is 6. The van der Waals surface area contributed by atoms with E-state index in [0.717, 1.165) is 0 Å². The molecule has 5 nitrogen and oxygen atoms in total. The van der Waals surface area contributed by atoms with E-state index in [0.29, 0.717) is 17.1 Å². The van der Waals surface area contributed by atoms with Crippen LogP contribution in [-0.4, -0.2) is 23.6 Å². The van der Waals surface area contributed by atoms with Crippen LogP contribution >= 0.6 is 11.3 Å². The largest absolute Gasteiger partial charge is 0.382 e. The molecule has 0 bridgehead atoms. The normalized spacial score (nSPS) is 10.6. The van der Waals surface area contributed by atoms with Crippen molar-refractivity contribution in [3.8, 4) is 12.3 Å². The minimum Gasteiger partial charge on any atom is -0.382 e. The number of carbonyl (C=O) groups is 1. The second-order valence-electron chi connectivity index (χ2n) is 2.14. The number of nitrogens with two attached hydrogens (primary N) is 1. The van der Waals surface area contributed by atoms with E-state index in [1.54, 1.807) is 5.38 Å². The average Bonchev–Trinajstić information content (AvgIpc) is 2.60. The Bertz CT molecular complexity index is 392. The highest BCUT2D eigenvalue weighted by atomic mass is 32.1. The minimum absolute atomic E-state index is 0.0109. The van der Waals surface area contributed by atoms with Crippen LogP contribution in [0.25, 0.3) is 0 Å². The number of rotatable bonds is 4. The van der Waals surface area contributed by atoms with Gasteiger partial charge in [0.25, 0.3) is 0 Å². The number of anilines is 1. The standard InChI is InChI=1S/C8H7N3O2S/c1-2-3-13-11-6(4-12)7-5-14-8(9)10-7/h1,4-5H,3H2,(H2,9,10). The first-order valence-electron chi connectivity index (χ1n) is 3.58. The number of thiazole rings is 1. The molecule has 0 saturated carbocycles. The molecule has 0 aliphatic carbocycles. The van der Waals surface area contributed by atoms with Gasteiger partial charge >= 0.3 is 0 Å². The number of carbonyl (C=O) groups excluding carboxylic acids is 1. The summed E-state index contributed by atoms with van der Waals surface area (Å²) < 4.78 is 0. The van der Waals surface area contributed by atoms with Crippen molar-refractivity contribution in [1.82, 2.24) is 4.98 Å². The Balaban J connectivity index is 2.77. The van der Waals surface area contributed by atoms with Crippen LogP contribution in [0.5, 0.6) is 0 Å². The molecule has 0 aromatic carbocycles. The second kappa shape index (κ2) is 4.99. The lowest BCUT2D eigenvalue weighted by atomic mass is 10.3. The van der Waals surface area contributed by atoms with E-state index in [1.165, 1.54) is 11.3 Å². The van der Waals surface area contributed by atoms with Crippen LogP contribution in [0.15, 0.2) is 10.5 Å². The van der Waals surface area contributed by atoms with Crippen molar-refractivity contribution < 1.29 is 9.63 Å². The molecule has 6 heteroatoms. The van der Waals surface area contributed by atoms with Crippen molar-refractivity contribution in [2.75, 3.05) is 12.3 Å². The van der Waals surface area contributed by atoms with E-state index < -0.39 is 0 Å². The molecule has 1 aromatic heterocycles. The van der Waals surface area contributed by atoms with Gasteiger partial charge in [-0.2, -0.15) is 0 Å². The van der Waals surface area contributed by atoms with Crippen molar-refractivity contribution in [3.63, 3.8) is 0 Å². The van der Waals surface area contributed by atoms with E-state index in [4.69, 9.17) is 12.2 Å². The number of aldehydes is 1. The zero-order valence-electron chi connectivity index (χ0n) is 7.14. The Morgan fingerprint density at radius 1 is 1.93 bits per heavy atom. The maximum absolute atomic E-state index is 10.6. The molecule has 0 saturated heterocycles. The van der Waals surface area contributed by atoms with Crippen LogP contribution < -0.4 is 5.73 Å². The van der Waals surface area contributed by atoms with Gasteiger partial charge in [-0.15, -0.1) is 17.8 Å². The van der Waals surface area contributed by atoms with Gasteiger partial charge in [-0.25, -0.2) is 4.98 Å². The third-order valence-corrected chi connectivity index (χ3v) is 1.88. The molecule has 0 amide bonds. The predicted octanol–water partition coefficient (Wildman–Crippen LogP) is 0.278. The number of aromatic nitrogens is 1. The van der Waals surface area contributed by atoms with Crippen molar-refractivity contribution in [2.24, 2.45) is 5.16 Å². The number of nitrogens with zero attached hydrogens (tertiary/aromatic N) is 2. The van der Waals surface area contributed by atoms with Gasteiger partial charge < -0.3 is 10.6 Å². The molecule has 1 heterocycles. The van der Waals surface area contributed by atoms with Crippen LogP contribution in [0.2, 0.25) is 0 Å². The molecule has 0 unspecified atom stereocenters. The Morgan fingerprint density at radius 2 is 2.71 bits per heavy atom. The molecule has 0 aliphatic rings. The minimum atomic E-state index is 0.0109. The number of terminal acetylenes is 1. The summed E-state index contributed by atoms with van der Waals surface area (Å²) in [6.45, 7) is 0.0109. The van der Waals surface area contributed by atoms with Gasteiger partial charge in [0.2, 0.25) is 0 Å². The smallest absolute Gasteiger partial charge is 0.180 e. The first-order valence-corrected chi connectivity index (χ1v) is 4.46. The van der Waals surface area contributed by atoms with Crippen LogP contribution in [0.4, 0.5) is 5.13 Å². The zero-order chi connectivity index (χ0) is 10.4. The Kier molecular flexibility index (Phi) is 3.64. The predicted molar refractivity (Wildman–Crippen MR) is 53.9 cm³/mol. The van der Waals surface area contributed by atoms with Crippen molar-refractivity contribution in [3.05, 3.63) is 11.1 Å². The maximum atomic E-state index is 10.6. The van der Waals surface area contributed by atoms with E-state index in [1.807, 2.05) is 0 Å². The third-order valence-electron chi connectivity index (χ3n) is 1.21. The summed E-state index contributed by atoms with van der Waals surface area (Å²) in [7, 11) is 0. The van der Waals surface area contributed by atoms with Crippen molar-refractivity contribution in [2.45, 2.75) is 0 Å². The highest BCUT2D eigenvalue weighted by molar-refractivity contribution is 7.13. The monoisotopic (exact) mass is 209 g/mol. The molecule has 1 rings (SSSR count). The average molecular weight is 209 g/mol. The third kappa shape index (κ3) is 2.57. The van der Waals surface area contributed by atoms with Crippen molar-refractivity contribution in [1.29, 1.82) is 0 Å². The highest BCUT2D eigenvalue weighted by Gasteiger charge is 2.06. The summed E-state index contributed by atoms with van der Waals surface area (Å²) in [5.41, 5.74) is 5.85. The second-order valence-corrected chi connectivity index (χ2v) is 3.03. The molecular weight excluding hydrogens is 202 g/mol. The Hall–Kier alpha value is -1.87. The van der Waals surface area contributed by atoms with Gasteiger partial charge in [-0.3, -0.25) is 4.79 Å². The molecule has 0 fully saturated rings. The first-order chi connectivity index (χ1) is 6.77. The molecule has 0 radical (unpaired) electrons. The fraction of sp³-hybridized carbons (Fsp3) is 0.125. The molecular formula is C8H7N3O2S. The summed E-state index contributed by atoms with van der Waals surface area (Å²) in [5, 5.41) is 5.49. The quantitative estimate of drug-likeness (QED) is 0.254. The first kappa shape index (κ1) is 10.2. The summed E-state index contributed by atoms with van der Waals surface area (Å²) >= 11 is 1.22. The topological polar surface area (TPSA) is 77.6 Å². The van der Waals surface area contributed by atoms with Crippen LogP contribution in [0, 0.1) is 12.3 Å². The van der Waals surface area contributed by atoms with E-state index in [9.17, 15) is 4.79 Å². The van der Waals surface area contributed by atoms with Gasteiger partial charge in [0.15, 0.2) is 23.7 Å². The van der Waals surface area contributed by atoms with Crippen molar-refractivity contribution >= 4 is 28.5 Å². The number of oxime groups is 1. The molecule has 72 valence electrons. The summed E-state index contributed by atoms with van der Waals surface area (Å²) in [6, 6.07) is 0. The molecule has 0 atom stereocenters. The van der Waals surface area contributed by atoms with E-state index in [2.05, 4.69) is 20.9 Å². The number of hydrogen-bond donors (Lipinski definition) is 1. The van der Waals surface area contributed by atoms with Gasteiger partial charge in [0.05, 0.1) is 0 Å². The van der Waals surface area contributed by atoms with E-state index in [-0.39, 0.29) is 12.3 Å². The molecule has 0 spiro atoms. The lowest BCUT2D eigenvalue weighted by Crippen LogP contribution is -2.04. The Morgan fingerprint density at radius 3 is 3.21 bits per heavy atom. The lowest BCUT2D eigenvalue weighted by Gasteiger charge is -1.93. The van der Waals surface area contributed by atoms with Gasteiger partial charge in [0, 0.05) is 5.38 Å². The lowest BCUT2D eigenvalue weighted by molar-refractivity contribution is -0.102.